The minimum absolute atomic E-state index is 0.0510. The van der Waals surface area contributed by atoms with E-state index in [1.165, 1.54) is 7.11 Å². The fourth-order valence-corrected chi connectivity index (χ4v) is 2.94. The van der Waals surface area contributed by atoms with Crippen molar-refractivity contribution in [2.75, 3.05) is 19.0 Å². The highest BCUT2D eigenvalue weighted by Crippen LogP contribution is 2.34. The first kappa shape index (κ1) is 16.1. The largest absolute Gasteiger partial charge is 0.465 e. The molecule has 0 radical (unpaired) electrons. The maximum Gasteiger partial charge on any atom is 0.341 e. The third kappa shape index (κ3) is 2.64. The number of furan rings is 1. The van der Waals surface area contributed by atoms with E-state index in [1.807, 2.05) is 25.1 Å². The fraction of sp³-hybridized carbons (Fsp3) is 0.333. The smallest absolute Gasteiger partial charge is 0.341 e. The second-order valence-electron chi connectivity index (χ2n) is 5.70. The number of carbonyl (C=O) groups is 2. The molecule has 1 N–H and O–H groups in total. The molecule has 6 heteroatoms. The number of benzene rings is 1. The molecule has 1 aliphatic rings. The molecule has 0 aliphatic carbocycles. The Kier molecular flexibility index (Phi) is 4.29. The molecule has 24 heavy (non-hydrogen) atoms. The molecular formula is C18H20N2O4. The molecule has 0 bridgehead atoms. The van der Waals surface area contributed by atoms with Crippen molar-refractivity contribution in [2.45, 2.75) is 26.4 Å². The van der Waals surface area contributed by atoms with Crippen molar-refractivity contribution in [3.05, 3.63) is 53.0 Å². The Labute approximate surface area is 140 Å². The average molecular weight is 328 g/mol. The van der Waals surface area contributed by atoms with Gasteiger partial charge in [-0.1, -0.05) is 19.1 Å². The van der Waals surface area contributed by atoms with Crippen LogP contribution in [0.25, 0.3) is 0 Å². The molecule has 0 spiro atoms. The number of ether oxygens (including phenoxy) is 1. The number of esters is 1. The summed E-state index contributed by atoms with van der Waals surface area (Å²) in [4.78, 5) is 26.4. The monoisotopic (exact) mass is 328 g/mol. The zero-order chi connectivity index (χ0) is 17.3. The number of amides is 1. The molecule has 1 aliphatic heterocycles. The lowest BCUT2D eigenvalue weighted by atomic mass is 10.1. The minimum atomic E-state index is -0.454. The van der Waals surface area contributed by atoms with E-state index in [9.17, 15) is 9.59 Å². The van der Waals surface area contributed by atoms with Crippen molar-refractivity contribution < 1.29 is 18.7 Å². The number of hydrogen-bond donors (Lipinski definition) is 1. The molecular weight excluding hydrogens is 308 g/mol. The molecule has 3 rings (SSSR count). The van der Waals surface area contributed by atoms with Gasteiger partial charge in [0, 0.05) is 12.2 Å². The van der Waals surface area contributed by atoms with Crippen LogP contribution in [0.5, 0.6) is 0 Å². The van der Waals surface area contributed by atoms with Crippen molar-refractivity contribution in [1.29, 1.82) is 0 Å². The van der Waals surface area contributed by atoms with Gasteiger partial charge in [0.25, 0.3) is 5.91 Å². The predicted octanol–water partition coefficient (Wildman–Crippen LogP) is 3.35. The summed E-state index contributed by atoms with van der Waals surface area (Å²) in [6.07, 6.45) is 0.361. The Morgan fingerprint density at radius 2 is 2.12 bits per heavy atom. The molecule has 1 amide bonds. The predicted molar refractivity (Wildman–Crippen MR) is 88.9 cm³/mol. The highest BCUT2D eigenvalue weighted by atomic mass is 16.5. The fourth-order valence-electron chi connectivity index (χ4n) is 2.94. The Bertz CT molecular complexity index is 781. The normalized spacial score (nSPS) is 16.5. The number of rotatable bonds is 4. The lowest BCUT2D eigenvalue weighted by Crippen LogP contribution is -2.43. The zero-order valence-electron chi connectivity index (χ0n) is 14.0. The first-order valence-corrected chi connectivity index (χ1v) is 7.92. The number of nitrogens with zero attached hydrogens (tertiary/aromatic N) is 1. The Morgan fingerprint density at radius 3 is 2.83 bits per heavy atom. The second kappa shape index (κ2) is 6.39. The van der Waals surface area contributed by atoms with Gasteiger partial charge in [0.1, 0.15) is 17.1 Å². The summed E-state index contributed by atoms with van der Waals surface area (Å²) < 4.78 is 10.5. The summed E-state index contributed by atoms with van der Waals surface area (Å²) in [7, 11) is 1.33. The molecule has 0 saturated heterocycles. The minimum Gasteiger partial charge on any atom is -0.465 e. The van der Waals surface area contributed by atoms with Crippen LogP contribution in [-0.2, 0) is 4.74 Å². The van der Waals surface area contributed by atoms with Crippen molar-refractivity contribution >= 4 is 17.6 Å². The molecule has 2 aromatic rings. The van der Waals surface area contributed by atoms with E-state index in [2.05, 4.69) is 5.32 Å². The number of nitrogens with one attached hydrogen (secondary N) is 1. The summed E-state index contributed by atoms with van der Waals surface area (Å²) in [5.74, 6) is 0.488. The van der Waals surface area contributed by atoms with Gasteiger partial charge in [0.2, 0.25) is 0 Å². The molecule has 0 fully saturated rings. The zero-order valence-corrected chi connectivity index (χ0v) is 14.0. The summed E-state index contributed by atoms with van der Waals surface area (Å²) in [6, 6.07) is 9.02. The number of fused-ring (bicyclic) bond motifs is 1. The summed E-state index contributed by atoms with van der Waals surface area (Å²) in [5, 5.41) is 3.34. The van der Waals surface area contributed by atoms with Crippen molar-refractivity contribution in [2.24, 2.45) is 0 Å². The Morgan fingerprint density at radius 1 is 1.38 bits per heavy atom. The molecule has 126 valence electrons. The summed E-state index contributed by atoms with van der Waals surface area (Å²) in [6.45, 7) is 4.30. The molecule has 2 heterocycles. The van der Waals surface area contributed by atoms with Crippen LogP contribution in [0.2, 0.25) is 0 Å². The topological polar surface area (TPSA) is 71.8 Å². The van der Waals surface area contributed by atoms with Crippen LogP contribution in [0.4, 0.5) is 5.69 Å². The van der Waals surface area contributed by atoms with E-state index < -0.39 is 12.1 Å². The lowest BCUT2D eigenvalue weighted by molar-refractivity contribution is 0.0597. The number of methoxy groups -OCH3 is 1. The van der Waals surface area contributed by atoms with Crippen molar-refractivity contribution in [3.8, 4) is 0 Å². The van der Waals surface area contributed by atoms with Crippen molar-refractivity contribution in [1.82, 2.24) is 4.90 Å². The van der Waals surface area contributed by atoms with Gasteiger partial charge in [-0.05, 0) is 31.5 Å². The molecule has 1 aromatic heterocycles. The van der Waals surface area contributed by atoms with Gasteiger partial charge < -0.3 is 19.4 Å². The maximum absolute atomic E-state index is 12.8. The van der Waals surface area contributed by atoms with Crippen LogP contribution in [0.1, 0.15) is 51.7 Å². The highest BCUT2D eigenvalue weighted by Gasteiger charge is 2.35. The van der Waals surface area contributed by atoms with E-state index in [4.69, 9.17) is 9.15 Å². The lowest BCUT2D eigenvalue weighted by Gasteiger charge is -2.36. The molecule has 1 atom stereocenters. The van der Waals surface area contributed by atoms with Gasteiger partial charge in [-0.25, -0.2) is 4.79 Å². The molecule has 0 saturated carbocycles. The Hall–Kier alpha value is -2.76. The van der Waals surface area contributed by atoms with Crippen LogP contribution in [0.15, 0.2) is 34.7 Å². The number of carbonyl (C=O) groups excluding carboxylic acids is 2. The third-order valence-electron chi connectivity index (χ3n) is 4.10. The SMILES string of the molecule is CCCN1C(=O)c2ccccc2NC1c1cc(C(=O)OC)c(C)o1. The molecule has 1 aromatic carbocycles. The van der Waals surface area contributed by atoms with Gasteiger partial charge >= 0.3 is 5.97 Å². The standard InChI is InChI=1S/C18H20N2O4/c1-4-9-20-16(15-10-13(11(2)24-15)18(22)23-3)19-14-8-6-5-7-12(14)17(20)21/h5-8,10,16,19H,4,9H2,1-3H3. The van der Waals surface area contributed by atoms with E-state index in [0.717, 1.165) is 12.1 Å². The van der Waals surface area contributed by atoms with E-state index in [-0.39, 0.29) is 5.91 Å². The van der Waals surface area contributed by atoms with Gasteiger partial charge in [0.05, 0.1) is 12.7 Å². The summed E-state index contributed by atoms with van der Waals surface area (Å²) >= 11 is 0. The van der Waals surface area contributed by atoms with E-state index in [1.54, 1.807) is 24.0 Å². The number of hydrogen-bond acceptors (Lipinski definition) is 5. The van der Waals surface area contributed by atoms with Gasteiger partial charge in [0.15, 0.2) is 6.17 Å². The third-order valence-corrected chi connectivity index (χ3v) is 4.10. The van der Waals surface area contributed by atoms with Crippen LogP contribution >= 0.6 is 0 Å². The molecule has 6 nitrogen and oxygen atoms in total. The average Bonchev–Trinajstić information content (AvgIpc) is 2.98. The first-order chi connectivity index (χ1) is 11.6. The Balaban J connectivity index is 2.02. The van der Waals surface area contributed by atoms with Gasteiger partial charge in [-0.3, -0.25) is 4.79 Å². The first-order valence-electron chi connectivity index (χ1n) is 7.92. The number of para-hydroxylation sites is 1. The number of aryl methyl sites for hydroxylation is 1. The second-order valence-corrected chi connectivity index (χ2v) is 5.70. The quantitative estimate of drug-likeness (QED) is 0.872. The molecule has 1 unspecified atom stereocenters. The van der Waals surface area contributed by atoms with Crippen LogP contribution in [0.3, 0.4) is 0 Å². The highest BCUT2D eigenvalue weighted by molar-refractivity contribution is 6.01. The summed E-state index contributed by atoms with van der Waals surface area (Å²) in [5.41, 5.74) is 1.77. The van der Waals surface area contributed by atoms with Crippen LogP contribution in [-0.4, -0.2) is 30.4 Å². The maximum atomic E-state index is 12.8. The van der Waals surface area contributed by atoms with Crippen LogP contribution < -0.4 is 5.32 Å². The van der Waals surface area contributed by atoms with Crippen molar-refractivity contribution in [3.63, 3.8) is 0 Å². The van der Waals surface area contributed by atoms with E-state index in [0.29, 0.717) is 29.2 Å². The van der Waals surface area contributed by atoms with Crippen LogP contribution in [0, 0.1) is 6.92 Å². The number of anilines is 1. The van der Waals surface area contributed by atoms with Gasteiger partial charge in [-0.15, -0.1) is 0 Å². The van der Waals surface area contributed by atoms with Gasteiger partial charge in [-0.2, -0.15) is 0 Å². The van der Waals surface area contributed by atoms with E-state index >= 15 is 0 Å².